The minimum Gasteiger partial charge on any atom is -0.456 e. The van der Waals surface area contributed by atoms with E-state index in [4.69, 9.17) is 4.42 Å². The molecule has 58 heavy (non-hydrogen) atoms. The molecule has 0 saturated heterocycles. The van der Waals surface area contributed by atoms with Crippen molar-refractivity contribution in [3.8, 4) is 44.5 Å². The van der Waals surface area contributed by atoms with Gasteiger partial charge in [0, 0.05) is 27.7 Å². The molecular formula is C56H37NO. The quantitative estimate of drug-likeness (QED) is 0.151. The smallest absolute Gasteiger partial charge is 0.135 e. The predicted molar refractivity (Wildman–Crippen MR) is 245 cm³/mol. The fraction of sp³-hybridized carbons (Fsp3) is 0. The van der Waals surface area contributed by atoms with Gasteiger partial charge in [-0.25, -0.2) is 0 Å². The van der Waals surface area contributed by atoms with E-state index in [2.05, 4.69) is 217 Å². The number of rotatable bonds is 7. The first-order chi connectivity index (χ1) is 28.7. The third-order valence-electron chi connectivity index (χ3n) is 11.5. The lowest BCUT2D eigenvalue weighted by molar-refractivity contribution is 0.669. The number of fused-ring (bicyclic) bond motifs is 6. The van der Waals surface area contributed by atoms with E-state index in [9.17, 15) is 0 Å². The van der Waals surface area contributed by atoms with Crippen LogP contribution in [0.4, 0.5) is 17.1 Å². The first-order valence-corrected chi connectivity index (χ1v) is 19.8. The zero-order valence-electron chi connectivity index (χ0n) is 31.7. The topological polar surface area (TPSA) is 16.4 Å². The molecule has 0 aliphatic carbocycles. The van der Waals surface area contributed by atoms with Gasteiger partial charge in [0.25, 0.3) is 0 Å². The number of hydrogen-bond donors (Lipinski definition) is 0. The van der Waals surface area contributed by atoms with Crippen LogP contribution in [0.1, 0.15) is 0 Å². The highest BCUT2D eigenvalue weighted by Gasteiger charge is 2.19. The van der Waals surface area contributed by atoms with E-state index in [-0.39, 0.29) is 0 Å². The molecule has 272 valence electrons. The molecule has 1 heterocycles. The Morgan fingerprint density at radius 1 is 0.276 bits per heavy atom. The van der Waals surface area contributed by atoms with Crippen LogP contribution in [0.15, 0.2) is 229 Å². The average molecular weight is 740 g/mol. The maximum absolute atomic E-state index is 6.14. The van der Waals surface area contributed by atoms with Crippen LogP contribution >= 0.6 is 0 Å². The Kier molecular flexibility index (Phi) is 8.19. The Morgan fingerprint density at radius 2 is 0.776 bits per heavy atom. The molecule has 0 radical (unpaired) electrons. The molecule has 11 aromatic rings. The summed E-state index contributed by atoms with van der Waals surface area (Å²) in [6, 6.07) is 80.8. The van der Waals surface area contributed by atoms with Crippen molar-refractivity contribution in [1.82, 2.24) is 0 Å². The Labute approximate surface area is 337 Å². The molecule has 0 amide bonds. The highest BCUT2D eigenvalue weighted by molar-refractivity contribution is 6.09. The van der Waals surface area contributed by atoms with Gasteiger partial charge in [-0.1, -0.05) is 164 Å². The Morgan fingerprint density at radius 3 is 1.52 bits per heavy atom. The lowest BCUT2D eigenvalue weighted by atomic mass is 9.95. The lowest BCUT2D eigenvalue weighted by Crippen LogP contribution is -2.11. The number of nitrogens with zero attached hydrogens (tertiary/aromatic N) is 1. The van der Waals surface area contributed by atoms with Gasteiger partial charge in [0.2, 0.25) is 0 Å². The van der Waals surface area contributed by atoms with Crippen molar-refractivity contribution in [2.24, 2.45) is 0 Å². The van der Waals surface area contributed by atoms with Crippen molar-refractivity contribution in [1.29, 1.82) is 0 Å². The third-order valence-corrected chi connectivity index (χ3v) is 11.5. The summed E-state index contributed by atoms with van der Waals surface area (Å²) in [4.78, 5) is 2.39. The zero-order valence-corrected chi connectivity index (χ0v) is 31.7. The van der Waals surface area contributed by atoms with E-state index in [1.807, 2.05) is 12.1 Å². The summed E-state index contributed by atoms with van der Waals surface area (Å²) in [7, 11) is 0. The van der Waals surface area contributed by atoms with Crippen molar-refractivity contribution in [2.45, 2.75) is 0 Å². The summed E-state index contributed by atoms with van der Waals surface area (Å²) < 4.78 is 6.14. The molecule has 2 heteroatoms. The lowest BCUT2D eigenvalue weighted by Gasteiger charge is -2.29. The van der Waals surface area contributed by atoms with E-state index < -0.39 is 0 Å². The molecule has 11 rings (SSSR count). The standard InChI is InChI=1S/C56H37NO/c1-3-11-38(12-4-1)44-26-33-54(52(36-44)41-13-5-2-6-14-41)57(48-30-23-40(24-31-48)45-27-34-56-53(37-45)51-17-9-10-18-55(51)58-56)47-28-21-39(22-29-47)43-25-32-50-46(35-43)20-19-42-15-7-8-16-49(42)50/h1-37H. The van der Waals surface area contributed by atoms with Crippen LogP contribution in [0.3, 0.4) is 0 Å². The van der Waals surface area contributed by atoms with Crippen LogP contribution in [-0.2, 0) is 0 Å². The molecule has 0 N–H and O–H groups in total. The van der Waals surface area contributed by atoms with Gasteiger partial charge in [0.05, 0.1) is 5.69 Å². The van der Waals surface area contributed by atoms with Crippen molar-refractivity contribution < 1.29 is 4.42 Å². The second-order valence-electron chi connectivity index (χ2n) is 14.9. The van der Waals surface area contributed by atoms with Gasteiger partial charge in [-0.15, -0.1) is 0 Å². The highest BCUT2D eigenvalue weighted by Crippen LogP contribution is 2.44. The van der Waals surface area contributed by atoms with Gasteiger partial charge < -0.3 is 9.32 Å². The normalized spacial score (nSPS) is 11.4. The molecule has 1 aromatic heterocycles. The highest BCUT2D eigenvalue weighted by atomic mass is 16.3. The van der Waals surface area contributed by atoms with E-state index in [1.54, 1.807) is 0 Å². The molecule has 0 saturated carbocycles. The summed E-state index contributed by atoms with van der Waals surface area (Å²) in [6.07, 6.45) is 0. The van der Waals surface area contributed by atoms with Gasteiger partial charge in [-0.2, -0.15) is 0 Å². The molecular weight excluding hydrogens is 703 g/mol. The Hall–Kier alpha value is -7.68. The van der Waals surface area contributed by atoms with Crippen molar-refractivity contribution in [3.63, 3.8) is 0 Å². The SMILES string of the molecule is c1ccc(-c2ccc(N(c3ccc(-c4ccc5c(ccc6ccccc65)c4)cc3)c3ccc(-c4ccc5oc6ccccc6c5c4)cc3)c(-c3ccccc3)c2)cc1. The maximum Gasteiger partial charge on any atom is 0.135 e. The molecule has 0 fully saturated rings. The van der Waals surface area contributed by atoms with E-state index in [0.29, 0.717) is 0 Å². The number of benzene rings is 10. The Bertz CT molecular complexity index is 3250. The summed E-state index contributed by atoms with van der Waals surface area (Å²) in [5.74, 6) is 0. The first kappa shape index (κ1) is 33.6. The third kappa shape index (κ3) is 6.00. The summed E-state index contributed by atoms with van der Waals surface area (Å²) in [6.45, 7) is 0. The van der Waals surface area contributed by atoms with E-state index in [1.165, 1.54) is 43.8 Å². The molecule has 0 aliphatic rings. The van der Waals surface area contributed by atoms with Gasteiger partial charge in [0.15, 0.2) is 0 Å². The number of hydrogen-bond acceptors (Lipinski definition) is 2. The van der Waals surface area contributed by atoms with Gasteiger partial charge >= 0.3 is 0 Å². The van der Waals surface area contributed by atoms with E-state index >= 15 is 0 Å². The number of furan rings is 1. The Balaban J connectivity index is 1.03. The fourth-order valence-corrected chi connectivity index (χ4v) is 8.52. The van der Waals surface area contributed by atoms with Crippen LogP contribution in [0.5, 0.6) is 0 Å². The van der Waals surface area contributed by atoms with Crippen LogP contribution < -0.4 is 4.90 Å². The van der Waals surface area contributed by atoms with Crippen molar-refractivity contribution in [3.05, 3.63) is 224 Å². The van der Waals surface area contributed by atoms with Crippen molar-refractivity contribution >= 4 is 60.5 Å². The summed E-state index contributed by atoms with van der Waals surface area (Å²) in [5.41, 5.74) is 14.5. The molecule has 0 spiro atoms. The van der Waals surface area contributed by atoms with E-state index in [0.717, 1.165) is 61.3 Å². The number of anilines is 3. The van der Waals surface area contributed by atoms with Gasteiger partial charge in [0.1, 0.15) is 11.2 Å². The fourth-order valence-electron chi connectivity index (χ4n) is 8.52. The maximum atomic E-state index is 6.14. The van der Waals surface area contributed by atoms with Gasteiger partial charge in [-0.3, -0.25) is 0 Å². The molecule has 2 nitrogen and oxygen atoms in total. The molecule has 10 aromatic carbocycles. The second kappa shape index (κ2) is 14.1. The van der Waals surface area contributed by atoms with Crippen LogP contribution in [0, 0.1) is 0 Å². The predicted octanol–water partition coefficient (Wildman–Crippen LogP) is 16.0. The summed E-state index contributed by atoms with van der Waals surface area (Å²) in [5, 5.41) is 7.33. The zero-order chi connectivity index (χ0) is 38.4. The van der Waals surface area contributed by atoms with Crippen LogP contribution in [0.2, 0.25) is 0 Å². The van der Waals surface area contributed by atoms with Gasteiger partial charge in [-0.05, 0) is 121 Å². The average Bonchev–Trinajstić information content (AvgIpc) is 3.68. The second-order valence-corrected chi connectivity index (χ2v) is 14.9. The first-order valence-electron chi connectivity index (χ1n) is 19.8. The molecule has 0 aliphatic heterocycles. The monoisotopic (exact) mass is 739 g/mol. The van der Waals surface area contributed by atoms with Crippen molar-refractivity contribution in [2.75, 3.05) is 4.90 Å². The minimum atomic E-state index is 0.903. The summed E-state index contributed by atoms with van der Waals surface area (Å²) >= 11 is 0. The molecule has 0 bridgehead atoms. The largest absolute Gasteiger partial charge is 0.456 e. The number of para-hydroxylation sites is 1. The molecule has 0 unspecified atom stereocenters. The van der Waals surface area contributed by atoms with Crippen LogP contribution in [-0.4, -0.2) is 0 Å². The van der Waals surface area contributed by atoms with Crippen LogP contribution in [0.25, 0.3) is 88.0 Å². The molecule has 0 atom stereocenters. The minimum absolute atomic E-state index is 0.903.